The van der Waals surface area contributed by atoms with Gasteiger partial charge < -0.3 is 10.6 Å². The van der Waals surface area contributed by atoms with Crippen molar-refractivity contribution in [3.8, 4) is 0 Å². The van der Waals surface area contributed by atoms with Crippen molar-refractivity contribution >= 4 is 28.6 Å². The molecule has 0 fully saturated rings. The molecule has 2 aromatic rings. The van der Waals surface area contributed by atoms with Gasteiger partial charge in [-0.3, -0.25) is 9.98 Å². The second-order valence-corrected chi connectivity index (χ2v) is 7.84. The molecule has 1 aromatic heterocycles. The second-order valence-electron chi connectivity index (χ2n) is 6.33. The Bertz CT molecular complexity index is 677. The minimum absolute atomic E-state index is 0.155. The van der Waals surface area contributed by atoms with E-state index >= 15 is 0 Å². The lowest BCUT2D eigenvalue weighted by Gasteiger charge is -2.20. The van der Waals surface area contributed by atoms with Crippen LogP contribution in [0.4, 0.5) is 0 Å². The third-order valence-corrected chi connectivity index (χ3v) is 5.15. The molecule has 0 amide bonds. The number of pyridine rings is 1. The largest absolute Gasteiger partial charge is 0.357 e. The summed E-state index contributed by atoms with van der Waals surface area (Å²) in [5, 5.41) is 7.94. The summed E-state index contributed by atoms with van der Waals surface area (Å²) >= 11 is 1.84. The van der Waals surface area contributed by atoms with Crippen molar-refractivity contribution in [2.24, 2.45) is 4.99 Å². The zero-order valence-electron chi connectivity index (χ0n) is 15.1. The van der Waals surface area contributed by atoms with Gasteiger partial charge >= 0.3 is 0 Å². The molecule has 0 aliphatic rings. The van der Waals surface area contributed by atoms with E-state index in [4.69, 9.17) is 4.99 Å². The average Bonchev–Trinajstić information content (AvgIpc) is 2.60. The maximum absolute atomic E-state index is 4.71. The van der Waals surface area contributed by atoms with E-state index in [0.717, 1.165) is 37.5 Å². The van der Waals surface area contributed by atoms with Crippen LogP contribution in [0.15, 0.2) is 41.5 Å². The molecule has 1 aromatic carbocycles. The van der Waals surface area contributed by atoms with Crippen LogP contribution in [0.2, 0.25) is 0 Å². The van der Waals surface area contributed by atoms with Gasteiger partial charge in [0.15, 0.2) is 5.96 Å². The Balaban J connectivity index is 1.98. The number of nitrogens with zero attached hydrogens (tertiary/aromatic N) is 2. The lowest BCUT2D eigenvalue weighted by molar-refractivity contribution is 0.710. The van der Waals surface area contributed by atoms with Crippen LogP contribution in [-0.2, 0) is 6.42 Å². The van der Waals surface area contributed by atoms with E-state index in [0.29, 0.717) is 0 Å². The van der Waals surface area contributed by atoms with Gasteiger partial charge in [-0.1, -0.05) is 24.3 Å². The highest BCUT2D eigenvalue weighted by molar-refractivity contribution is 7.99. The van der Waals surface area contributed by atoms with Crippen LogP contribution in [-0.4, -0.2) is 41.6 Å². The number of benzene rings is 1. The number of rotatable bonds is 7. The van der Waals surface area contributed by atoms with Crippen molar-refractivity contribution in [3.63, 3.8) is 0 Å². The van der Waals surface area contributed by atoms with Crippen molar-refractivity contribution in [2.75, 3.05) is 25.9 Å². The highest BCUT2D eigenvalue weighted by Crippen LogP contribution is 2.21. The first-order valence-corrected chi connectivity index (χ1v) is 9.68. The minimum Gasteiger partial charge on any atom is -0.357 e. The molecule has 130 valence electrons. The Labute approximate surface area is 149 Å². The molecule has 0 saturated heterocycles. The predicted octanol–water partition coefficient (Wildman–Crippen LogP) is 3.47. The number of hydrogen-bond donors (Lipinski definition) is 2. The van der Waals surface area contributed by atoms with Crippen molar-refractivity contribution < 1.29 is 0 Å². The Morgan fingerprint density at radius 2 is 2.00 bits per heavy atom. The first-order chi connectivity index (χ1) is 11.6. The lowest BCUT2D eigenvalue weighted by Crippen LogP contribution is -2.39. The molecule has 0 radical (unpaired) electrons. The summed E-state index contributed by atoms with van der Waals surface area (Å²) < 4.78 is 0.155. The third-order valence-electron chi connectivity index (χ3n) is 3.92. The van der Waals surface area contributed by atoms with Gasteiger partial charge in [-0.25, -0.2) is 0 Å². The molecular formula is C19H28N4S. The monoisotopic (exact) mass is 344 g/mol. The minimum atomic E-state index is 0.155. The van der Waals surface area contributed by atoms with Crippen molar-refractivity contribution in [3.05, 3.63) is 42.1 Å². The molecule has 1 heterocycles. The van der Waals surface area contributed by atoms with Crippen LogP contribution >= 0.6 is 11.8 Å². The quantitative estimate of drug-likeness (QED) is 0.596. The Morgan fingerprint density at radius 3 is 2.75 bits per heavy atom. The first-order valence-electron chi connectivity index (χ1n) is 8.45. The zero-order chi connectivity index (χ0) is 17.4. The summed E-state index contributed by atoms with van der Waals surface area (Å²) in [6.45, 7) is 9.01. The molecule has 0 atom stereocenters. The number of fused-ring (bicyclic) bond motifs is 1. The van der Waals surface area contributed by atoms with Gasteiger partial charge in [0.2, 0.25) is 0 Å². The summed E-state index contributed by atoms with van der Waals surface area (Å²) in [6, 6.07) is 10.4. The Kier molecular flexibility index (Phi) is 6.91. The number of para-hydroxylation sites is 1. The molecule has 2 rings (SSSR count). The summed E-state index contributed by atoms with van der Waals surface area (Å²) in [7, 11) is 0. The van der Waals surface area contributed by atoms with Crippen molar-refractivity contribution in [1.82, 2.24) is 15.6 Å². The molecule has 0 unspecified atom stereocenters. The lowest BCUT2D eigenvalue weighted by atomic mass is 10.1. The van der Waals surface area contributed by atoms with E-state index in [1.165, 1.54) is 10.9 Å². The Hall–Kier alpha value is -1.75. The number of hydrogen-bond acceptors (Lipinski definition) is 3. The van der Waals surface area contributed by atoms with E-state index in [-0.39, 0.29) is 4.75 Å². The fourth-order valence-electron chi connectivity index (χ4n) is 2.36. The van der Waals surface area contributed by atoms with Gasteiger partial charge in [0.05, 0.1) is 12.1 Å². The molecular weight excluding hydrogens is 316 g/mol. The number of thioether (sulfide) groups is 1. The molecule has 2 N–H and O–H groups in total. The first kappa shape index (κ1) is 18.6. The smallest absolute Gasteiger partial charge is 0.191 e. The normalized spacial score (nSPS) is 12.4. The number of aliphatic imine (C=N–C) groups is 1. The van der Waals surface area contributed by atoms with Crippen molar-refractivity contribution in [1.29, 1.82) is 0 Å². The average molecular weight is 345 g/mol. The maximum atomic E-state index is 4.71. The highest BCUT2D eigenvalue weighted by atomic mass is 32.2. The summed E-state index contributed by atoms with van der Waals surface area (Å²) in [4.78, 5) is 9.23. The number of aromatic nitrogens is 1. The van der Waals surface area contributed by atoms with Gasteiger partial charge in [0.25, 0.3) is 0 Å². The predicted molar refractivity (Wildman–Crippen MR) is 107 cm³/mol. The fraction of sp³-hybridized carbons (Fsp3) is 0.474. The van der Waals surface area contributed by atoms with Gasteiger partial charge in [-0.05, 0) is 45.1 Å². The number of nitrogens with one attached hydrogen (secondary N) is 2. The van der Waals surface area contributed by atoms with E-state index in [9.17, 15) is 0 Å². The van der Waals surface area contributed by atoms with Crippen LogP contribution in [0.3, 0.4) is 0 Å². The molecule has 0 aliphatic heterocycles. The fourth-order valence-corrected chi connectivity index (χ4v) is 2.55. The Morgan fingerprint density at radius 1 is 1.21 bits per heavy atom. The maximum Gasteiger partial charge on any atom is 0.191 e. The molecule has 0 aliphatic carbocycles. The zero-order valence-corrected chi connectivity index (χ0v) is 15.9. The topological polar surface area (TPSA) is 49.3 Å². The second kappa shape index (κ2) is 8.92. The van der Waals surface area contributed by atoms with Gasteiger partial charge in [-0.2, -0.15) is 11.8 Å². The van der Waals surface area contributed by atoms with Crippen LogP contribution in [0, 0.1) is 0 Å². The van der Waals surface area contributed by atoms with Crippen LogP contribution in [0.25, 0.3) is 10.9 Å². The number of guanidine groups is 1. The van der Waals surface area contributed by atoms with E-state index in [1.807, 2.05) is 24.0 Å². The molecule has 0 saturated carbocycles. The van der Waals surface area contributed by atoms with Gasteiger partial charge in [0, 0.05) is 29.4 Å². The highest BCUT2D eigenvalue weighted by Gasteiger charge is 2.15. The summed E-state index contributed by atoms with van der Waals surface area (Å²) in [5.74, 6) is 0.882. The van der Waals surface area contributed by atoms with E-state index in [2.05, 4.69) is 66.9 Å². The van der Waals surface area contributed by atoms with Gasteiger partial charge in [-0.15, -0.1) is 0 Å². The SMILES string of the molecule is CCNC(=NCC(C)(C)SC)NCCc1cccc2cccnc12. The molecule has 0 spiro atoms. The van der Waals surface area contributed by atoms with Crippen molar-refractivity contribution in [2.45, 2.75) is 31.9 Å². The van der Waals surface area contributed by atoms with Crippen LogP contribution in [0.1, 0.15) is 26.3 Å². The van der Waals surface area contributed by atoms with Crippen LogP contribution in [0.5, 0.6) is 0 Å². The summed E-state index contributed by atoms with van der Waals surface area (Å²) in [5.41, 5.74) is 2.35. The third kappa shape index (κ3) is 5.41. The van der Waals surface area contributed by atoms with Crippen LogP contribution < -0.4 is 10.6 Å². The molecule has 0 bridgehead atoms. The molecule has 5 heteroatoms. The summed E-state index contributed by atoms with van der Waals surface area (Å²) in [6.07, 6.45) is 4.91. The molecule has 24 heavy (non-hydrogen) atoms. The molecule has 4 nitrogen and oxygen atoms in total. The van der Waals surface area contributed by atoms with E-state index in [1.54, 1.807) is 0 Å². The van der Waals surface area contributed by atoms with Gasteiger partial charge in [0.1, 0.15) is 0 Å². The standard InChI is InChI=1S/C19H28N4S/c1-5-20-18(23-14-19(2,3)24-4)22-13-11-16-9-6-8-15-10-7-12-21-17(15)16/h6-10,12H,5,11,13-14H2,1-4H3,(H2,20,22,23). The van der Waals surface area contributed by atoms with E-state index < -0.39 is 0 Å².